The van der Waals surface area contributed by atoms with E-state index >= 15 is 0 Å². The number of nitrogens with zero attached hydrogens (tertiary/aromatic N) is 3. The number of benzene rings is 1. The molecule has 0 aliphatic carbocycles. The molecule has 1 aromatic carbocycles. The lowest BCUT2D eigenvalue weighted by Gasteiger charge is -2.19. The molecule has 5 nitrogen and oxygen atoms in total. The van der Waals surface area contributed by atoms with Crippen molar-refractivity contribution in [3.63, 3.8) is 0 Å². The van der Waals surface area contributed by atoms with Gasteiger partial charge in [0.2, 0.25) is 0 Å². The van der Waals surface area contributed by atoms with Gasteiger partial charge < -0.3 is 14.0 Å². The first-order chi connectivity index (χ1) is 12.4. The van der Waals surface area contributed by atoms with Crippen molar-refractivity contribution in [2.45, 2.75) is 27.4 Å². The average Bonchev–Trinajstić information content (AvgIpc) is 3.04. The molecule has 0 N–H and O–H groups in total. The van der Waals surface area contributed by atoms with Gasteiger partial charge in [-0.05, 0) is 48.7 Å². The first-order valence-corrected chi connectivity index (χ1v) is 8.85. The molecule has 0 radical (unpaired) electrons. The molecule has 0 aliphatic rings. The molecule has 2 heterocycles. The largest absolute Gasteiger partial charge is 0.487 e. The molecule has 26 heavy (non-hydrogen) atoms. The molecule has 0 fully saturated rings. The summed E-state index contributed by atoms with van der Waals surface area (Å²) >= 11 is 0. The van der Waals surface area contributed by atoms with Crippen LogP contribution in [-0.4, -0.2) is 33.8 Å². The normalized spacial score (nSPS) is 11.1. The zero-order valence-corrected chi connectivity index (χ0v) is 15.8. The van der Waals surface area contributed by atoms with E-state index in [1.54, 1.807) is 4.90 Å². The molecule has 0 spiro atoms. The fraction of sp³-hybridized carbons (Fsp3) is 0.333. The van der Waals surface area contributed by atoms with Crippen LogP contribution in [0.15, 0.2) is 48.8 Å². The van der Waals surface area contributed by atoms with Crippen molar-refractivity contribution in [1.29, 1.82) is 0 Å². The highest BCUT2D eigenvalue weighted by Gasteiger charge is 2.13. The fourth-order valence-corrected chi connectivity index (χ4v) is 2.98. The molecule has 0 bridgehead atoms. The van der Waals surface area contributed by atoms with Gasteiger partial charge in [-0.1, -0.05) is 19.9 Å². The summed E-state index contributed by atoms with van der Waals surface area (Å²) in [5.74, 6) is 1.20. The van der Waals surface area contributed by atoms with E-state index in [0.29, 0.717) is 18.1 Å². The maximum absolute atomic E-state index is 12.4. The van der Waals surface area contributed by atoms with Crippen molar-refractivity contribution in [2.75, 3.05) is 13.6 Å². The first-order valence-electron chi connectivity index (χ1n) is 8.85. The van der Waals surface area contributed by atoms with E-state index in [1.807, 2.05) is 67.2 Å². The predicted octanol–water partition coefficient (Wildman–Crippen LogP) is 3.95. The molecule has 3 aromatic rings. The Bertz CT molecular complexity index is 897. The van der Waals surface area contributed by atoms with Crippen molar-refractivity contribution >= 4 is 11.6 Å². The minimum atomic E-state index is 0.0288. The molecular weight excluding hydrogens is 326 g/mol. The second-order valence-corrected chi connectivity index (χ2v) is 7.05. The number of carbonyl (C=O) groups excluding carboxylic acids is 1. The summed E-state index contributed by atoms with van der Waals surface area (Å²) < 4.78 is 7.82. The number of carbonyl (C=O) groups is 1. The van der Waals surface area contributed by atoms with Gasteiger partial charge in [0.15, 0.2) is 0 Å². The third kappa shape index (κ3) is 4.04. The van der Waals surface area contributed by atoms with Crippen LogP contribution in [0.3, 0.4) is 0 Å². The van der Waals surface area contributed by atoms with Gasteiger partial charge in [0, 0.05) is 31.5 Å². The number of aryl methyl sites for hydroxylation is 1. The van der Waals surface area contributed by atoms with Crippen LogP contribution in [0, 0.1) is 12.8 Å². The molecule has 5 heteroatoms. The molecule has 0 unspecified atom stereocenters. The zero-order chi connectivity index (χ0) is 18.7. The smallest absolute Gasteiger partial charge is 0.253 e. The second kappa shape index (κ2) is 7.60. The number of pyridine rings is 1. The predicted molar refractivity (Wildman–Crippen MR) is 103 cm³/mol. The van der Waals surface area contributed by atoms with Crippen molar-refractivity contribution < 1.29 is 9.53 Å². The Kier molecular flexibility index (Phi) is 5.26. The van der Waals surface area contributed by atoms with Gasteiger partial charge in [-0.15, -0.1) is 0 Å². The Morgan fingerprint density at radius 3 is 2.62 bits per heavy atom. The molecule has 1 amide bonds. The topological polar surface area (TPSA) is 46.8 Å². The minimum Gasteiger partial charge on any atom is -0.487 e. The van der Waals surface area contributed by atoms with Gasteiger partial charge >= 0.3 is 0 Å². The summed E-state index contributed by atoms with van der Waals surface area (Å²) in [6.07, 6.45) is 3.95. The number of hydrogen-bond acceptors (Lipinski definition) is 3. The van der Waals surface area contributed by atoms with Crippen LogP contribution in [0.5, 0.6) is 5.75 Å². The lowest BCUT2D eigenvalue weighted by Crippen LogP contribution is -2.30. The second-order valence-electron chi connectivity index (χ2n) is 7.05. The van der Waals surface area contributed by atoms with Gasteiger partial charge in [0.05, 0.1) is 5.69 Å². The van der Waals surface area contributed by atoms with Crippen molar-refractivity contribution in [2.24, 2.45) is 5.92 Å². The van der Waals surface area contributed by atoms with Gasteiger partial charge in [-0.2, -0.15) is 0 Å². The first kappa shape index (κ1) is 18.0. The van der Waals surface area contributed by atoms with E-state index in [4.69, 9.17) is 4.74 Å². The number of amides is 1. The van der Waals surface area contributed by atoms with Crippen LogP contribution in [0.1, 0.15) is 35.5 Å². The molecule has 0 aliphatic heterocycles. The van der Waals surface area contributed by atoms with Crippen molar-refractivity contribution in [3.05, 3.63) is 65.6 Å². The fourth-order valence-electron chi connectivity index (χ4n) is 2.98. The van der Waals surface area contributed by atoms with Gasteiger partial charge in [-0.25, -0.2) is 4.98 Å². The summed E-state index contributed by atoms with van der Waals surface area (Å²) in [5, 5.41) is 0. The Balaban J connectivity index is 1.63. The molecule has 136 valence electrons. The Morgan fingerprint density at radius 2 is 1.96 bits per heavy atom. The quantitative estimate of drug-likeness (QED) is 0.675. The van der Waals surface area contributed by atoms with Crippen molar-refractivity contribution in [1.82, 2.24) is 14.3 Å². The molecule has 0 atom stereocenters. The van der Waals surface area contributed by atoms with Crippen molar-refractivity contribution in [3.8, 4) is 5.75 Å². The Hall–Kier alpha value is -2.82. The molecule has 3 rings (SSSR count). The number of aromatic nitrogens is 2. The van der Waals surface area contributed by atoms with Crippen LogP contribution in [0.2, 0.25) is 0 Å². The van der Waals surface area contributed by atoms with Crippen LogP contribution in [-0.2, 0) is 6.61 Å². The standard InChI is InChI=1S/C21H25N3O2/c1-15(2)12-23(4)21(25)17-7-9-19(10-8-17)26-14-18-13-24-11-5-6-16(3)20(24)22-18/h5-11,13,15H,12,14H2,1-4H3. The maximum Gasteiger partial charge on any atom is 0.253 e. The number of rotatable bonds is 6. The van der Waals surface area contributed by atoms with E-state index in [9.17, 15) is 4.79 Å². The van der Waals surface area contributed by atoms with Crippen LogP contribution in [0.25, 0.3) is 5.65 Å². The van der Waals surface area contributed by atoms with E-state index in [1.165, 1.54) is 0 Å². The number of hydrogen-bond donors (Lipinski definition) is 0. The van der Waals surface area contributed by atoms with Crippen LogP contribution < -0.4 is 4.74 Å². The van der Waals surface area contributed by atoms with Crippen LogP contribution >= 0.6 is 0 Å². The highest BCUT2D eigenvalue weighted by atomic mass is 16.5. The van der Waals surface area contributed by atoms with E-state index in [2.05, 4.69) is 18.8 Å². The monoisotopic (exact) mass is 351 g/mol. The maximum atomic E-state index is 12.4. The summed E-state index contributed by atoms with van der Waals surface area (Å²) in [6.45, 7) is 7.37. The van der Waals surface area contributed by atoms with E-state index < -0.39 is 0 Å². The highest BCUT2D eigenvalue weighted by Crippen LogP contribution is 2.16. The summed E-state index contributed by atoms with van der Waals surface area (Å²) in [6, 6.07) is 11.3. The lowest BCUT2D eigenvalue weighted by molar-refractivity contribution is 0.0779. The summed E-state index contributed by atoms with van der Waals surface area (Å²) in [4.78, 5) is 18.7. The molecule has 0 saturated carbocycles. The van der Waals surface area contributed by atoms with Gasteiger partial charge in [0.1, 0.15) is 18.0 Å². The molecule has 0 saturated heterocycles. The SMILES string of the molecule is Cc1cccn2cc(COc3ccc(C(=O)N(C)CC(C)C)cc3)nc12. The summed E-state index contributed by atoms with van der Waals surface area (Å²) in [7, 11) is 1.83. The average molecular weight is 351 g/mol. The Morgan fingerprint density at radius 1 is 1.23 bits per heavy atom. The summed E-state index contributed by atoms with van der Waals surface area (Å²) in [5.41, 5.74) is 3.62. The zero-order valence-electron chi connectivity index (χ0n) is 15.8. The van der Waals surface area contributed by atoms with Crippen LogP contribution in [0.4, 0.5) is 0 Å². The minimum absolute atomic E-state index is 0.0288. The Labute approximate surface area is 154 Å². The third-order valence-electron chi connectivity index (χ3n) is 4.20. The third-order valence-corrected chi connectivity index (χ3v) is 4.20. The number of fused-ring (bicyclic) bond motifs is 1. The van der Waals surface area contributed by atoms with Gasteiger partial charge in [0.25, 0.3) is 5.91 Å². The van der Waals surface area contributed by atoms with Gasteiger partial charge in [-0.3, -0.25) is 4.79 Å². The number of ether oxygens (including phenoxy) is 1. The number of imidazole rings is 1. The lowest BCUT2D eigenvalue weighted by atomic mass is 10.1. The van der Waals surface area contributed by atoms with E-state index in [0.717, 1.165) is 29.2 Å². The highest BCUT2D eigenvalue weighted by molar-refractivity contribution is 5.94. The molecule has 2 aromatic heterocycles. The molecular formula is C21H25N3O2. The van der Waals surface area contributed by atoms with E-state index in [-0.39, 0.29) is 5.91 Å².